The van der Waals surface area contributed by atoms with E-state index in [-0.39, 0.29) is 0 Å². The number of rotatable bonds is 1. The van der Waals surface area contributed by atoms with E-state index in [9.17, 15) is 4.79 Å². The van der Waals surface area contributed by atoms with Gasteiger partial charge in [-0.1, -0.05) is 0 Å². The van der Waals surface area contributed by atoms with Gasteiger partial charge in [0.2, 0.25) is 0 Å². The van der Waals surface area contributed by atoms with Crippen molar-refractivity contribution < 1.29 is 4.79 Å². The Hall–Kier alpha value is -0.370. The smallest absolute Gasteiger partial charge is 0.152 e. The maximum atomic E-state index is 10.8. The minimum absolute atomic E-state index is 0.331. The molecule has 1 heterocycles. The molecule has 2 aliphatic rings. The number of carbonyl (C=O) groups is 1. The van der Waals surface area contributed by atoms with Crippen LogP contribution in [0.25, 0.3) is 0 Å². The Kier molecular flexibility index (Phi) is 1.31. The highest BCUT2D eigenvalue weighted by Gasteiger charge is 2.43. The van der Waals surface area contributed by atoms with Crippen LogP contribution < -0.4 is 0 Å². The van der Waals surface area contributed by atoms with Gasteiger partial charge in [0.15, 0.2) is 5.78 Å². The van der Waals surface area contributed by atoms with E-state index in [0.29, 0.717) is 17.9 Å². The molecule has 2 unspecified atom stereocenters. The van der Waals surface area contributed by atoms with Gasteiger partial charge < -0.3 is 0 Å². The molecule has 0 radical (unpaired) electrons. The number of Topliss-reactive ketones (excluding diaryl/α,β-unsaturated/α-hetero) is 1. The van der Waals surface area contributed by atoms with Crippen LogP contribution in [0.4, 0.5) is 0 Å². The summed E-state index contributed by atoms with van der Waals surface area (Å²) >= 11 is 0. The maximum absolute atomic E-state index is 10.8. The molecule has 0 amide bonds. The molecule has 2 atom stereocenters. The fourth-order valence-corrected chi connectivity index (χ4v) is 1.85. The molecule has 0 aromatic rings. The number of hydrogen-bond acceptors (Lipinski definition) is 2. The van der Waals surface area contributed by atoms with Crippen LogP contribution in [0, 0.1) is 0 Å². The lowest BCUT2D eigenvalue weighted by Gasteiger charge is -2.18. The van der Waals surface area contributed by atoms with Crippen molar-refractivity contribution in [3.05, 3.63) is 0 Å². The van der Waals surface area contributed by atoms with Crippen molar-refractivity contribution in [2.24, 2.45) is 0 Å². The lowest BCUT2D eigenvalue weighted by atomic mass is 10.2. The Labute approximate surface area is 61.2 Å². The van der Waals surface area contributed by atoms with Crippen molar-refractivity contribution in [3.63, 3.8) is 0 Å². The quantitative estimate of drug-likeness (QED) is 0.536. The first-order chi connectivity index (χ1) is 4.79. The lowest BCUT2D eigenvalue weighted by Crippen LogP contribution is -2.30. The highest BCUT2D eigenvalue weighted by atomic mass is 16.1. The van der Waals surface area contributed by atoms with Gasteiger partial charge in [0.25, 0.3) is 0 Å². The molecule has 0 aromatic heterocycles. The predicted octanol–water partition coefficient (Wildman–Crippen LogP) is 0.812. The predicted molar refractivity (Wildman–Crippen MR) is 38.8 cm³/mol. The molecule has 0 N–H and O–H groups in total. The summed E-state index contributed by atoms with van der Waals surface area (Å²) in [6.45, 7) is 3.37. The first kappa shape index (κ1) is 6.35. The molecule has 56 valence electrons. The molecule has 2 rings (SSSR count). The van der Waals surface area contributed by atoms with Gasteiger partial charge in [-0.3, -0.25) is 9.69 Å². The van der Waals surface area contributed by atoms with Crippen molar-refractivity contribution in [2.45, 2.75) is 38.3 Å². The second-order valence-corrected chi connectivity index (χ2v) is 3.42. The van der Waals surface area contributed by atoms with E-state index in [0.717, 1.165) is 13.0 Å². The first-order valence-electron chi connectivity index (χ1n) is 4.07. The van der Waals surface area contributed by atoms with Crippen LogP contribution in [0.15, 0.2) is 0 Å². The topological polar surface area (TPSA) is 20.3 Å². The Morgan fingerprint density at radius 1 is 1.60 bits per heavy atom. The van der Waals surface area contributed by atoms with Crippen LogP contribution in [0.2, 0.25) is 0 Å². The number of carbonyl (C=O) groups excluding carboxylic acids is 1. The zero-order valence-corrected chi connectivity index (χ0v) is 6.34. The third-order valence-electron chi connectivity index (χ3n) is 2.61. The average molecular weight is 139 g/mol. The standard InChI is InChI=1S/C8H13NO/c1-6-3-2-4-9(6)7-5-8(7)10/h6-7H,2-5H2,1H3. The normalized spacial score (nSPS) is 40.7. The van der Waals surface area contributed by atoms with Gasteiger partial charge in [-0.05, 0) is 26.3 Å². The van der Waals surface area contributed by atoms with E-state index in [2.05, 4.69) is 11.8 Å². The number of nitrogens with zero attached hydrogens (tertiary/aromatic N) is 1. The highest BCUT2D eigenvalue weighted by Crippen LogP contribution is 2.29. The van der Waals surface area contributed by atoms with Crippen molar-refractivity contribution >= 4 is 5.78 Å². The number of ketones is 1. The minimum atomic E-state index is 0.331. The third kappa shape index (κ3) is 0.870. The van der Waals surface area contributed by atoms with E-state index in [1.54, 1.807) is 0 Å². The summed E-state index contributed by atoms with van der Waals surface area (Å²) in [7, 11) is 0. The average Bonchev–Trinajstić information content (AvgIpc) is 2.42. The molecule has 0 bridgehead atoms. The summed E-state index contributed by atoms with van der Waals surface area (Å²) in [5.74, 6) is 0.453. The van der Waals surface area contributed by atoms with Crippen molar-refractivity contribution in [2.75, 3.05) is 6.54 Å². The van der Waals surface area contributed by atoms with Gasteiger partial charge in [-0.25, -0.2) is 0 Å². The van der Waals surface area contributed by atoms with E-state index < -0.39 is 0 Å². The summed E-state index contributed by atoms with van der Waals surface area (Å²) < 4.78 is 0. The fourth-order valence-electron chi connectivity index (χ4n) is 1.85. The van der Waals surface area contributed by atoms with Gasteiger partial charge in [-0.2, -0.15) is 0 Å². The Morgan fingerprint density at radius 3 is 2.70 bits per heavy atom. The molecule has 10 heavy (non-hydrogen) atoms. The summed E-state index contributed by atoms with van der Waals surface area (Å²) in [6, 6.07) is 0.994. The zero-order chi connectivity index (χ0) is 7.14. The van der Waals surface area contributed by atoms with Gasteiger partial charge in [-0.15, -0.1) is 0 Å². The molecule has 1 aliphatic heterocycles. The molecule has 1 saturated carbocycles. The Bertz CT molecular complexity index is 167. The first-order valence-corrected chi connectivity index (χ1v) is 4.07. The molecule has 1 aliphatic carbocycles. The molecular weight excluding hydrogens is 126 g/mol. The lowest BCUT2D eigenvalue weighted by molar-refractivity contribution is -0.111. The van der Waals surface area contributed by atoms with Crippen LogP contribution >= 0.6 is 0 Å². The Balaban J connectivity index is 1.98. The largest absolute Gasteiger partial charge is 0.298 e. The monoisotopic (exact) mass is 139 g/mol. The van der Waals surface area contributed by atoms with Crippen molar-refractivity contribution in [3.8, 4) is 0 Å². The molecule has 1 saturated heterocycles. The van der Waals surface area contributed by atoms with Gasteiger partial charge in [0.1, 0.15) is 0 Å². The zero-order valence-electron chi connectivity index (χ0n) is 6.34. The second-order valence-electron chi connectivity index (χ2n) is 3.42. The summed E-state index contributed by atoms with van der Waals surface area (Å²) in [6.07, 6.45) is 3.39. The number of likely N-dealkylation sites (tertiary alicyclic amines) is 1. The third-order valence-corrected chi connectivity index (χ3v) is 2.61. The summed E-state index contributed by atoms with van der Waals surface area (Å²) in [4.78, 5) is 13.1. The maximum Gasteiger partial charge on any atom is 0.152 e. The van der Waals surface area contributed by atoms with E-state index in [1.165, 1.54) is 12.8 Å². The minimum Gasteiger partial charge on any atom is -0.298 e. The van der Waals surface area contributed by atoms with Crippen LogP contribution in [-0.2, 0) is 4.79 Å². The van der Waals surface area contributed by atoms with Gasteiger partial charge in [0.05, 0.1) is 6.04 Å². The number of hydrogen-bond donors (Lipinski definition) is 0. The molecular formula is C8H13NO. The SMILES string of the molecule is CC1CCCN1C1CC1=O. The molecule has 2 heteroatoms. The molecule has 2 nitrogen and oxygen atoms in total. The van der Waals surface area contributed by atoms with Gasteiger partial charge >= 0.3 is 0 Å². The highest BCUT2D eigenvalue weighted by molar-refractivity contribution is 5.99. The summed E-state index contributed by atoms with van der Waals surface area (Å²) in [5.41, 5.74) is 0. The van der Waals surface area contributed by atoms with Crippen molar-refractivity contribution in [1.29, 1.82) is 0 Å². The van der Waals surface area contributed by atoms with Crippen LogP contribution in [0.3, 0.4) is 0 Å². The van der Waals surface area contributed by atoms with E-state index in [1.807, 2.05) is 0 Å². The molecule has 0 spiro atoms. The van der Waals surface area contributed by atoms with E-state index in [4.69, 9.17) is 0 Å². The van der Waals surface area contributed by atoms with Crippen molar-refractivity contribution in [1.82, 2.24) is 4.90 Å². The van der Waals surface area contributed by atoms with Crippen LogP contribution in [0.1, 0.15) is 26.2 Å². The molecule has 0 aromatic carbocycles. The van der Waals surface area contributed by atoms with Gasteiger partial charge in [0, 0.05) is 12.5 Å². The second kappa shape index (κ2) is 2.06. The molecule has 2 fully saturated rings. The summed E-state index contributed by atoms with van der Waals surface area (Å²) in [5, 5.41) is 0. The van der Waals surface area contributed by atoms with E-state index >= 15 is 0 Å². The Morgan fingerprint density at radius 2 is 2.30 bits per heavy atom. The van der Waals surface area contributed by atoms with Crippen LogP contribution in [0.5, 0.6) is 0 Å². The fraction of sp³-hybridized carbons (Fsp3) is 0.875. The van der Waals surface area contributed by atoms with Crippen LogP contribution in [-0.4, -0.2) is 29.3 Å².